The topological polar surface area (TPSA) is 66.8 Å². The molecule has 0 saturated carbocycles. The molecule has 1 heterocycles. The Morgan fingerprint density at radius 2 is 1.87 bits per heavy atom. The van der Waals surface area contributed by atoms with Crippen molar-refractivity contribution in [3.05, 3.63) is 11.1 Å². The van der Waals surface area contributed by atoms with Crippen molar-refractivity contribution >= 4 is 11.9 Å². The summed E-state index contributed by atoms with van der Waals surface area (Å²) in [5.74, 6) is -1.42. The summed E-state index contributed by atoms with van der Waals surface area (Å²) in [6.07, 6.45) is 1.83. The number of carboxylic acids is 1. The number of hydrogen-bond donors (Lipinski definition) is 1. The van der Waals surface area contributed by atoms with E-state index in [2.05, 4.69) is 0 Å². The van der Waals surface area contributed by atoms with Crippen molar-refractivity contribution in [3.8, 4) is 0 Å². The van der Waals surface area contributed by atoms with Gasteiger partial charge in [-0.3, -0.25) is 9.63 Å². The third kappa shape index (κ3) is 2.79. The minimum atomic E-state index is -1.07. The van der Waals surface area contributed by atoms with Crippen LogP contribution in [0, 0.1) is 0 Å². The first-order valence-corrected chi connectivity index (χ1v) is 4.89. The molecule has 1 saturated heterocycles. The van der Waals surface area contributed by atoms with Crippen LogP contribution in [-0.4, -0.2) is 35.2 Å². The molecule has 5 heteroatoms. The highest BCUT2D eigenvalue weighted by atomic mass is 16.7. The fourth-order valence-corrected chi connectivity index (χ4v) is 1.26. The van der Waals surface area contributed by atoms with Gasteiger partial charge in [-0.15, -0.1) is 0 Å². The number of amides is 1. The average molecular weight is 213 g/mol. The van der Waals surface area contributed by atoms with E-state index in [1.807, 2.05) is 0 Å². The lowest BCUT2D eigenvalue weighted by Gasteiger charge is -2.26. The van der Waals surface area contributed by atoms with Gasteiger partial charge >= 0.3 is 5.97 Å². The van der Waals surface area contributed by atoms with Gasteiger partial charge in [-0.05, 0) is 26.7 Å². The molecule has 1 rings (SSSR count). The molecular weight excluding hydrogens is 198 g/mol. The van der Waals surface area contributed by atoms with Gasteiger partial charge in [-0.25, -0.2) is 9.86 Å². The maximum atomic E-state index is 11.7. The average Bonchev–Trinajstić information content (AvgIpc) is 2.27. The largest absolute Gasteiger partial charge is 0.478 e. The van der Waals surface area contributed by atoms with Crippen LogP contribution in [0.5, 0.6) is 0 Å². The Hall–Kier alpha value is -1.36. The van der Waals surface area contributed by atoms with Gasteiger partial charge in [0.25, 0.3) is 5.91 Å². The van der Waals surface area contributed by atoms with Crippen LogP contribution >= 0.6 is 0 Å². The summed E-state index contributed by atoms with van der Waals surface area (Å²) in [5, 5.41) is 9.97. The molecule has 1 aliphatic rings. The molecule has 0 aliphatic carbocycles. The second-order valence-corrected chi connectivity index (χ2v) is 3.50. The van der Waals surface area contributed by atoms with Crippen molar-refractivity contribution in [2.45, 2.75) is 26.7 Å². The molecule has 0 aromatic rings. The molecular formula is C10H15NO4. The molecule has 1 amide bonds. The Morgan fingerprint density at radius 1 is 1.20 bits per heavy atom. The number of aliphatic carboxylic acids is 1. The summed E-state index contributed by atoms with van der Waals surface area (Å²) in [4.78, 5) is 27.5. The Bertz CT molecular complexity index is 303. The van der Waals surface area contributed by atoms with E-state index in [-0.39, 0.29) is 17.1 Å². The summed E-state index contributed by atoms with van der Waals surface area (Å²) in [6.45, 7) is 3.97. The van der Waals surface area contributed by atoms with E-state index in [9.17, 15) is 9.59 Å². The third-order valence-corrected chi connectivity index (χ3v) is 2.43. The molecule has 0 unspecified atom stereocenters. The first-order valence-electron chi connectivity index (χ1n) is 4.89. The summed E-state index contributed by atoms with van der Waals surface area (Å²) < 4.78 is 0. The number of rotatable bonds is 2. The molecule has 0 atom stereocenters. The van der Waals surface area contributed by atoms with E-state index in [1.165, 1.54) is 18.9 Å². The van der Waals surface area contributed by atoms with Gasteiger partial charge in [0.15, 0.2) is 0 Å². The zero-order valence-electron chi connectivity index (χ0n) is 8.95. The zero-order chi connectivity index (χ0) is 11.4. The summed E-state index contributed by atoms with van der Waals surface area (Å²) in [5.41, 5.74) is 0.290. The molecule has 0 bridgehead atoms. The lowest BCUT2D eigenvalue weighted by Crippen LogP contribution is -2.36. The van der Waals surface area contributed by atoms with Gasteiger partial charge < -0.3 is 5.11 Å². The Morgan fingerprint density at radius 3 is 2.33 bits per heavy atom. The number of carbonyl (C=O) groups is 2. The van der Waals surface area contributed by atoms with Crippen molar-refractivity contribution in [1.29, 1.82) is 0 Å². The molecule has 1 N–H and O–H groups in total. The number of nitrogens with zero attached hydrogens (tertiary/aromatic N) is 1. The second kappa shape index (κ2) is 4.93. The Balaban J connectivity index is 2.74. The molecule has 0 spiro atoms. The van der Waals surface area contributed by atoms with E-state index >= 15 is 0 Å². The fraction of sp³-hybridized carbons (Fsp3) is 0.600. The number of hydroxylamine groups is 2. The number of carbonyl (C=O) groups excluding carboxylic acids is 1. The van der Waals surface area contributed by atoms with Crippen LogP contribution < -0.4 is 0 Å². The van der Waals surface area contributed by atoms with Gasteiger partial charge in [-0.2, -0.15) is 0 Å². The molecule has 84 valence electrons. The van der Waals surface area contributed by atoms with E-state index < -0.39 is 5.97 Å². The van der Waals surface area contributed by atoms with Gasteiger partial charge in [0.1, 0.15) is 0 Å². The number of hydrogen-bond acceptors (Lipinski definition) is 3. The molecule has 0 radical (unpaired) electrons. The van der Waals surface area contributed by atoms with Gasteiger partial charge in [0, 0.05) is 17.7 Å². The normalized spacial score (nSPS) is 18.4. The fourth-order valence-electron chi connectivity index (χ4n) is 1.26. The van der Waals surface area contributed by atoms with Crippen LogP contribution in [0.4, 0.5) is 0 Å². The van der Waals surface area contributed by atoms with Crippen LogP contribution in [0.1, 0.15) is 26.7 Å². The standard InChI is InChI=1S/C10H15NO4/c1-7(8(2)10(13)14)9(12)11-5-3-4-6-15-11/h3-6H2,1-2H3,(H,13,14)/b8-7-. The maximum absolute atomic E-state index is 11.7. The van der Waals surface area contributed by atoms with Gasteiger partial charge in [0.2, 0.25) is 0 Å². The Kier molecular flexibility index (Phi) is 3.85. The second-order valence-electron chi connectivity index (χ2n) is 3.50. The van der Waals surface area contributed by atoms with E-state index in [0.29, 0.717) is 13.2 Å². The first-order chi connectivity index (χ1) is 7.04. The summed E-state index contributed by atoms with van der Waals surface area (Å²) in [7, 11) is 0. The van der Waals surface area contributed by atoms with Crippen molar-refractivity contribution in [3.63, 3.8) is 0 Å². The van der Waals surface area contributed by atoms with Crippen LogP contribution in [0.2, 0.25) is 0 Å². The Labute approximate surface area is 88.3 Å². The summed E-state index contributed by atoms with van der Waals surface area (Å²) >= 11 is 0. The monoisotopic (exact) mass is 213 g/mol. The van der Waals surface area contributed by atoms with Gasteiger partial charge in [-0.1, -0.05) is 0 Å². The van der Waals surface area contributed by atoms with Crippen LogP contribution in [-0.2, 0) is 14.4 Å². The van der Waals surface area contributed by atoms with Crippen LogP contribution in [0.25, 0.3) is 0 Å². The highest BCUT2D eigenvalue weighted by Gasteiger charge is 2.21. The molecule has 15 heavy (non-hydrogen) atoms. The molecule has 1 fully saturated rings. The third-order valence-electron chi connectivity index (χ3n) is 2.43. The first kappa shape index (κ1) is 11.7. The number of carboxylic acid groups (broad SMARTS) is 1. The van der Waals surface area contributed by atoms with Crippen molar-refractivity contribution in [1.82, 2.24) is 5.06 Å². The minimum absolute atomic E-state index is 0.0640. The van der Waals surface area contributed by atoms with Crippen LogP contribution in [0.3, 0.4) is 0 Å². The summed E-state index contributed by atoms with van der Waals surface area (Å²) in [6, 6.07) is 0. The predicted molar refractivity (Wildman–Crippen MR) is 52.9 cm³/mol. The van der Waals surface area contributed by atoms with E-state index in [0.717, 1.165) is 12.8 Å². The lowest BCUT2D eigenvalue weighted by atomic mass is 10.1. The quantitative estimate of drug-likeness (QED) is 0.694. The van der Waals surface area contributed by atoms with E-state index in [4.69, 9.17) is 9.94 Å². The predicted octanol–water partition coefficient (Wildman–Crippen LogP) is 0.961. The minimum Gasteiger partial charge on any atom is -0.478 e. The smallest absolute Gasteiger partial charge is 0.331 e. The van der Waals surface area contributed by atoms with Crippen molar-refractivity contribution in [2.75, 3.05) is 13.2 Å². The van der Waals surface area contributed by atoms with Crippen molar-refractivity contribution in [2.24, 2.45) is 0 Å². The zero-order valence-corrected chi connectivity index (χ0v) is 8.95. The van der Waals surface area contributed by atoms with Crippen molar-refractivity contribution < 1.29 is 19.5 Å². The highest BCUT2D eigenvalue weighted by Crippen LogP contribution is 2.12. The van der Waals surface area contributed by atoms with E-state index in [1.54, 1.807) is 0 Å². The SMILES string of the molecule is C/C(C(=O)O)=C(\C)C(=O)N1CCCCO1. The van der Waals surface area contributed by atoms with Crippen LogP contribution in [0.15, 0.2) is 11.1 Å². The molecule has 1 aliphatic heterocycles. The molecule has 5 nitrogen and oxygen atoms in total. The lowest BCUT2D eigenvalue weighted by molar-refractivity contribution is -0.192. The van der Waals surface area contributed by atoms with Gasteiger partial charge in [0.05, 0.1) is 6.61 Å². The molecule has 0 aromatic heterocycles. The highest BCUT2D eigenvalue weighted by molar-refractivity contribution is 6.00. The molecule has 0 aromatic carbocycles. The maximum Gasteiger partial charge on any atom is 0.331 e.